The topological polar surface area (TPSA) is 99.9 Å². The number of benzene rings is 2. The van der Waals surface area contributed by atoms with Gasteiger partial charge in [-0.25, -0.2) is 4.79 Å². The molecular weight excluding hydrogens is 410 g/mol. The van der Waals surface area contributed by atoms with Gasteiger partial charge in [-0.15, -0.1) is 0 Å². The molecule has 3 heterocycles. The minimum absolute atomic E-state index is 0.0188. The third-order valence-electron chi connectivity index (χ3n) is 6.05. The van der Waals surface area contributed by atoms with Crippen LogP contribution in [0.4, 0.5) is 10.5 Å². The van der Waals surface area contributed by atoms with Crippen molar-refractivity contribution in [2.24, 2.45) is 0 Å². The molecule has 162 valence electrons. The molecule has 0 radical (unpaired) electrons. The van der Waals surface area contributed by atoms with Crippen molar-refractivity contribution in [2.45, 2.75) is 25.3 Å². The van der Waals surface area contributed by atoms with Crippen molar-refractivity contribution in [3.05, 3.63) is 65.9 Å². The van der Waals surface area contributed by atoms with Crippen LogP contribution in [0.5, 0.6) is 0 Å². The van der Waals surface area contributed by atoms with Crippen LogP contribution in [0.25, 0.3) is 11.0 Å². The number of carbonyl (C=O) groups excluding carboxylic acids is 4. The molecule has 8 nitrogen and oxygen atoms in total. The fourth-order valence-electron chi connectivity index (χ4n) is 4.24. The quantitative estimate of drug-likeness (QED) is 0.494. The van der Waals surface area contributed by atoms with Gasteiger partial charge in [0.25, 0.3) is 5.91 Å². The number of Topliss-reactive ketones (excluding diaryl/α,β-unsaturated/α-hetero) is 1. The molecule has 1 N–H and O–H groups in total. The molecule has 1 atom stereocenters. The summed E-state index contributed by atoms with van der Waals surface area (Å²) in [5.74, 6) is -0.622. The van der Waals surface area contributed by atoms with E-state index in [1.807, 2.05) is 18.2 Å². The van der Waals surface area contributed by atoms with Crippen molar-refractivity contribution in [3.63, 3.8) is 0 Å². The van der Waals surface area contributed by atoms with E-state index in [0.717, 1.165) is 16.7 Å². The predicted molar refractivity (Wildman–Crippen MR) is 116 cm³/mol. The van der Waals surface area contributed by atoms with Crippen LogP contribution in [0, 0.1) is 0 Å². The lowest BCUT2D eigenvalue weighted by Crippen LogP contribution is -2.41. The summed E-state index contributed by atoms with van der Waals surface area (Å²) in [7, 11) is 0. The Bertz CT molecular complexity index is 1250. The summed E-state index contributed by atoms with van der Waals surface area (Å²) in [6.45, 7) is 1.77. The van der Waals surface area contributed by atoms with Gasteiger partial charge < -0.3 is 14.6 Å². The number of rotatable bonds is 5. The Morgan fingerprint density at radius 3 is 2.66 bits per heavy atom. The van der Waals surface area contributed by atoms with Gasteiger partial charge in [0.05, 0.1) is 6.54 Å². The molecule has 32 heavy (non-hydrogen) atoms. The van der Waals surface area contributed by atoms with Crippen LogP contribution >= 0.6 is 0 Å². The SMILES string of the molecule is C[C@@]1(c2cc3ccccc3o2)NC(=O)N(CC(=O)c2cccc(N3CCCC3=O)c2)C1=O. The third kappa shape index (κ3) is 3.15. The van der Waals surface area contributed by atoms with Crippen LogP contribution in [0.15, 0.2) is 59.0 Å². The van der Waals surface area contributed by atoms with Crippen molar-refractivity contribution in [1.82, 2.24) is 10.2 Å². The highest BCUT2D eigenvalue weighted by Crippen LogP contribution is 2.33. The lowest BCUT2D eigenvalue weighted by molar-refractivity contribution is -0.131. The van der Waals surface area contributed by atoms with E-state index >= 15 is 0 Å². The fraction of sp³-hybridized carbons (Fsp3) is 0.250. The van der Waals surface area contributed by atoms with Crippen LogP contribution < -0.4 is 10.2 Å². The largest absolute Gasteiger partial charge is 0.458 e. The van der Waals surface area contributed by atoms with Gasteiger partial charge in [-0.2, -0.15) is 0 Å². The first-order valence-electron chi connectivity index (χ1n) is 10.4. The van der Waals surface area contributed by atoms with Gasteiger partial charge in [-0.05, 0) is 37.6 Å². The zero-order valence-electron chi connectivity index (χ0n) is 17.5. The molecule has 0 aliphatic carbocycles. The van der Waals surface area contributed by atoms with Crippen molar-refractivity contribution in [3.8, 4) is 0 Å². The molecule has 2 aliphatic rings. The van der Waals surface area contributed by atoms with Crippen molar-refractivity contribution in [2.75, 3.05) is 18.0 Å². The molecule has 2 aliphatic heterocycles. The summed E-state index contributed by atoms with van der Waals surface area (Å²) in [6, 6.07) is 15.1. The van der Waals surface area contributed by atoms with Gasteiger partial charge in [-0.3, -0.25) is 19.3 Å². The molecule has 1 aromatic heterocycles. The molecular formula is C24H21N3O5. The number of hydrogen-bond donors (Lipinski definition) is 1. The number of amides is 4. The normalized spacial score (nSPS) is 21.0. The maximum atomic E-state index is 13.2. The summed E-state index contributed by atoms with van der Waals surface area (Å²) in [6.07, 6.45) is 1.26. The minimum Gasteiger partial charge on any atom is -0.458 e. The van der Waals surface area contributed by atoms with Gasteiger partial charge in [0.1, 0.15) is 11.3 Å². The number of carbonyl (C=O) groups is 4. The molecule has 2 aromatic carbocycles. The highest BCUT2D eigenvalue weighted by atomic mass is 16.3. The lowest BCUT2D eigenvalue weighted by Gasteiger charge is -2.19. The summed E-state index contributed by atoms with van der Waals surface area (Å²) in [5, 5.41) is 3.48. The average Bonchev–Trinajstić information content (AvgIpc) is 3.47. The third-order valence-corrected chi connectivity index (χ3v) is 6.05. The summed E-state index contributed by atoms with van der Waals surface area (Å²) < 4.78 is 5.81. The number of nitrogens with one attached hydrogen (secondary N) is 1. The van der Waals surface area contributed by atoms with Crippen LogP contribution in [0.3, 0.4) is 0 Å². The zero-order chi connectivity index (χ0) is 22.5. The predicted octanol–water partition coefficient (Wildman–Crippen LogP) is 3.21. The molecule has 0 bridgehead atoms. The Morgan fingerprint density at radius 2 is 1.91 bits per heavy atom. The molecule has 5 rings (SSSR count). The molecule has 4 amide bonds. The van der Waals surface area contributed by atoms with Crippen molar-refractivity contribution in [1.29, 1.82) is 0 Å². The number of para-hydroxylation sites is 1. The Balaban J connectivity index is 1.38. The first-order chi connectivity index (χ1) is 15.4. The zero-order valence-corrected chi connectivity index (χ0v) is 17.5. The van der Waals surface area contributed by atoms with Crippen LogP contribution in [-0.2, 0) is 15.1 Å². The summed E-state index contributed by atoms with van der Waals surface area (Å²) in [5.41, 5.74) is 0.177. The van der Waals surface area contributed by atoms with Gasteiger partial charge in [0.15, 0.2) is 11.3 Å². The van der Waals surface area contributed by atoms with E-state index in [-0.39, 0.29) is 5.91 Å². The molecule has 8 heteroatoms. The minimum atomic E-state index is -1.40. The summed E-state index contributed by atoms with van der Waals surface area (Å²) >= 11 is 0. The second kappa shape index (κ2) is 7.33. The monoisotopic (exact) mass is 431 g/mol. The first kappa shape index (κ1) is 20.0. The molecule has 2 saturated heterocycles. The van der Waals surface area contributed by atoms with Gasteiger partial charge in [0.2, 0.25) is 5.91 Å². The second-order valence-electron chi connectivity index (χ2n) is 8.22. The Kier molecular flexibility index (Phi) is 4.58. The van der Waals surface area contributed by atoms with Crippen LogP contribution in [0.1, 0.15) is 35.9 Å². The van der Waals surface area contributed by atoms with E-state index in [9.17, 15) is 19.2 Å². The van der Waals surface area contributed by atoms with E-state index < -0.39 is 29.8 Å². The van der Waals surface area contributed by atoms with Crippen LogP contribution in [-0.4, -0.2) is 41.6 Å². The molecule has 0 saturated carbocycles. The van der Waals surface area contributed by atoms with E-state index in [1.54, 1.807) is 48.2 Å². The molecule has 0 unspecified atom stereocenters. The number of furan rings is 1. The highest BCUT2D eigenvalue weighted by Gasteiger charge is 2.51. The van der Waals surface area contributed by atoms with Gasteiger partial charge in [-0.1, -0.05) is 30.3 Å². The van der Waals surface area contributed by atoms with E-state index in [1.165, 1.54) is 0 Å². The second-order valence-corrected chi connectivity index (χ2v) is 8.22. The van der Waals surface area contributed by atoms with Gasteiger partial charge >= 0.3 is 6.03 Å². The van der Waals surface area contributed by atoms with E-state index in [4.69, 9.17) is 4.42 Å². The fourth-order valence-corrected chi connectivity index (χ4v) is 4.24. The lowest BCUT2D eigenvalue weighted by atomic mass is 9.98. The standard InChI is InChI=1S/C24H21N3O5/c1-24(20-13-16-6-2-3-9-19(16)32-20)22(30)27(23(31)25-24)14-18(28)15-7-4-8-17(12-15)26-11-5-10-21(26)29/h2-4,6-9,12-13H,5,10-11,14H2,1H3,(H,25,31)/t24-/m0/s1. The number of anilines is 1. The Morgan fingerprint density at radius 1 is 1.09 bits per heavy atom. The van der Waals surface area contributed by atoms with E-state index in [0.29, 0.717) is 35.6 Å². The first-order valence-corrected chi connectivity index (χ1v) is 10.4. The van der Waals surface area contributed by atoms with Crippen LogP contribution in [0.2, 0.25) is 0 Å². The number of ketones is 1. The number of imide groups is 1. The molecule has 0 spiro atoms. The molecule has 2 fully saturated rings. The highest BCUT2D eigenvalue weighted by molar-refractivity contribution is 6.11. The number of hydrogen-bond acceptors (Lipinski definition) is 5. The summed E-state index contributed by atoms with van der Waals surface area (Å²) in [4.78, 5) is 53.3. The maximum Gasteiger partial charge on any atom is 0.325 e. The smallest absolute Gasteiger partial charge is 0.325 e. The number of urea groups is 1. The maximum absolute atomic E-state index is 13.2. The Hall–Kier alpha value is -3.94. The molecule has 3 aromatic rings. The Labute approximate surface area is 183 Å². The number of nitrogens with zero attached hydrogens (tertiary/aromatic N) is 2. The van der Waals surface area contributed by atoms with Gasteiger partial charge in [0, 0.05) is 29.6 Å². The van der Waals surface area contributed by atoms with Crippen molar-refractivity contribution < 1.29 is 23.6 Å². The van der Waals surface area contributed by atoms with E-state index in [2.05, 4.69) is 5.32 Å². The van der Waals surface area contributed by atoms with Crippen molar-refractivity contribution >= 4 is 40.3 Å². The number of fused-ring (bicyclic) bond motifs is 1. The average molecular weight is 431 g/mol.